The summed E-state index contributed by atoms with van der Waals surface area (Å²) in [5.74, 6) is -0.106. The molecule has 7 heteroatoms. The molecule has 2 aromatic rings. The van der Waals surface area contributed by atoms with Crippen molar-refractivity contribution >= 4 is 29.1 Å². The minimum atomic E-state index is -0.118. The van der Waals surface area contributed by atoms with Gasteiger partial charge in [-0.3, -0.25) is 9.59 Å². The molecule has 5 rings (SSSR count). The van der Waals surface area contributed by atoms with Gasteiger partial charge in [-0.1, -0.05) is 29.8 Å². The Morgan fingerprint density at radius 3 is 2.29 bits per heavy atom. The summed E-state index contributed by atoms with van der Waals surface area (Å²) in [6.07, 6.45) is 4.49. The maximum absolute atomic E-state index is 13.3. The molecule has 0 aliphatic carbocycles. The third-order valence-electron chi connectivity index (χ3n) is 7.61. The summed E-state index contributed by atoms with van der Waals surface area (Å²) in [4.78, 5) is 32.4. The van der Waals surface area contributed by atoms with E-state index in [9.17, 15) is 9.59 Å². The van der Waals surface area contributed by atoms with Gasteiger partial charge < -0.3 is 19.4 Å². The zero-order valence-corrected chi connectivity index (χ0v) is 21.3. The number of halogens is 1. The van der Waals surface area contributed by atoms with Crippen LogP contribution in [0.5, 0.6) is 0 Å². The summed E-state index contributed by atoms with van der Waals surface area (Å²) in [6, 6.07) is 13.5. The molecule has 2 fully saturated rings. The first kappa shape index (κ1) is 24.3. The third-order valence-corrected chi connectivity index (χ3v) is 7.93. The molecule has 2 aromatic carbocycles. The van der Waals surface area contributed by atoms with Gasteiger partial charge in [0.05, 0.1) is 29.3 Å². The summed E-state index contributed by atoms with van der Waals surface area (Å²) >= 11 is 6.27. The van der Waals surface area contributed by atoms with Gasteiger partial charge in [-0.15, -0.1) is 0 Å². The second kappa shape index (κ2) is 10.3. The Morgan fingerprint density at radius 2 is 1.63 bits per heavy atom. The van der Waals surface area contributed by atoms with E-state index >= 15 is 0 Å². The second-order valence-electron chi connectivity index (χ2n) is 10.2. The average Bonchev–Trinajstić information content (AvgIpc) is 3.22. The molecule has 0 bridgehead atoms. The number of anilines is 1. The molecule has 0 N–H and O–H groups in total. The van der Waals surface area contributed by atoms with E-state index in [4.69, 9.17) is 16.3 Å². The van der Waals surface area contributed by atoms with Crippen LogP contribution in [0.2, 0.25) is 5.02 Å². The molecule has 186 valence electrons. The molecule has 0 aromatic heterocycles. The van der Waals surface area contributed by atoms with Crippen LogP contribution in [0.25, 0.3) is 0 Å². The van der Waals surface area contributed by atoms with E-state index in [1.165, 1.54) is 0 Å². The van der Waals surface area contributed by atoms with Gasteiger partial charge in [0.25, 0.3) is 11.8 Å². The number of carbonyl (C=O) groups excluding carboxylic acids is 2. The van der Waals surface area contributed by atoms with Crippen molar-refractivity contribution in [3.63, 3.8) is 0 Å². The average molecular weight is 496 g/mol. The van der Waals surface area contributed by atoms with Crippen LogP contribution < -0.4 is 4.90 Å². The molecule has 0 radical (unpaired) electrons. The predicted molar refractivity (Wildman–Crippen MR) is 138 cm³/mol. The first-order valence-electron chi connectivity index (χ1n) is 12.8. The number of piperidine rings is 2. The van der Waals surface area contributed by atoms with Crippen molar-refractivity contribution in [3.05, 3.63) is 64.2 Å². The highest BCUT2D eigenvalue weighted by Gasteiger charge is 2.32. The van der Waals surface area contributed by atoms with Gasteiger partial charge in [-0.05, 0) is 69.4 Å². The van der Waals surface area contributed by atoms with Gasteiger partial charge in [0.1, 0.15) is 0 Å². The molecule has 3 aliphatic heterocycles. The van der Waals surface area contributed by atoms with Crippen molar-refractivity contribution in [2.24, 2.45) is 0 Å². The van der Waals surface area contributed by atoms with Gasteiger partial charge in [0, 0.05) is 43.5 Å². The minimum Gasteiger partial charge on any atom is -0.375 e. The van der Waals surface area contributed by atoms with E-state index in [1.807, 2.05) is 41.3 Å². The lowest BCUT2D eigenvalue weighted by atomic mass is 10.0. The van der Waals surface area contributed by atoms with Crippen LogP contribution in [-0.2, 0) is 11.3 Å². The van der Waals surface area contributed by atoms with E-state index in [-0.39, 0.29) is 17.9 Å². The molecule has 3 aliphatic rings. The molecule has 0 atom stereocenters. The zero-order chi connectivity index (χ0) is 24.5. The summed E-state index contributed by atoms with van der Waals surface area (Å²) in [7, 11) is 0. The first-order chi connectivity index (χ1) is 16.9. The number of carbonyl (C=O) groups is 2. The quantitative estimate of drug-likeness (QED) is 0.586. The summed E-state index contributed by atoms with van der Waals surface area (Å²) in [5, 5.41) is 0.470. The number of hydrogen-bond acceptors (Lipinski definition) is 4. The maximum Gasteiger partial charge on any atom is 0.260 e. The van der Waals surface area contributed by atoms with Gasteiger partial charge in [0.2, 0.25) is 0 Å². The minimum absolute atomic E-state index is 0.0118. The summed E-state index contributed by atoms with van der Waals surface area (Å²) in [6.45, 7) is 8.57. The summed E-state index contributed by atoms with van der Waals surface area (Å²) < 4.78 is 6.41. The molecule has 0 unspecified atom stereocenters. The van der Waals surface area contributed by atoms with E-state index < -0.39 is 0 Å². The Kier molecular flexibility index (Phi) is 7.14. The number of amides is 2. The van der Waals surface area contributed by atoms with Gasteiger partial charge >= 0.3 is 0 Å². The van der Waals surface area contributed by atoms with Gasteiger partial charge in [-0.2, -0.15) is 0 Å². The fourth-order valence-corrected chi connectivity index (χ4v) is 5.79. The van der Waals surface area contributed by atoms with Crippen molar-refractivity contribution in [1.29, 1.82) is 0 Å². The number of rotatable bonds is 5. The first-order valence-corrected chi connectivity index (χ1v) is 13.2. The Bertz CT molecular complexity index is 1090. The van der Waals surface area contributed by atoms with Crippen LogP contribution in [-0.4, -0.2) is 66.0 Å². The number of hydrogen-bond donors (Lipinski definition) is 0. The van der Waals surface area contributed by atoms with Crippen LogP contribution in [0, 0.1) is 0 Å². The predicted octanol–water partition coefficient (Wildman–Crippen LogP) is 4.99. The van der Waals surface area contributed by atoms with E-state index in [0.29, 0.717) is 47.9 Å². The fraction of sp³-hybridized carbons (Fsp3) is 0.500. The van der Waals surface area contributed by atoms with Crippen LogP contribution in [0.15, 0.2) is 42.5 Å². The summed E-state index contributed by atoms with van der Waals surface area (Å²) in [5.41, 5.74) is 2.80. The van der Waals surface area contributed by atoms with Crippen molar-refractivity contribution < 1.29 is 14.3 Å². The Labute approximate surface area is 212 Å². The largest absolute Gasteiger partial charge is 0.375 e. The molecule has 3 heterocycles. The van der Waals surface area contributed by atoms with E-state index in [1.54, 1.807) is 11.0 Å². The molecule has 6 nitrogen and oxygen atoms in total. The number of ether oxygens (including phenoxy) is 1. The highest BCUT2D eigenvalue weighted by atomic mass is 35.5. The molecule has 2 saturated heterocycles. The highest BCUT2D eigenvalue weighted by Crippen LogP contribution is 2.33. The number of nitrogens with zero attached hydrogens (tertiary/aromatic N) is 3. The van der Waals surface area contributed by atoms with Crippen LogP contribution in [0.4, 0.5) is 5.69 Å². The zero-order valence-electron chi connectivity index (χ0n) is 20.6. The molecular weight excluding hydrogens is 462 g/mol. The SMILES string of the molecule is CC(C)N1CCC(OC2CCN(C(=O)c3cccc(N4Cc5cccc(Cl)c5C4=O)c3)CC2)CC1. The maximum atomic E-state index is 13.3. The van der Waals surface area contributed by atoms with Gasteiger partial charge in [0.15, 0.2) is 0 Å². The topological polar surface area (TPSA) is 53.1 Å². The Balaban J connectivity index is 1.17. The van der Waals surface area contributed by atoms with Crippen molar-refractivity contribution in [1.82, 2.24) is 9.80 Å². The van der Waals surface area contributed by atoms with E-state index in [0.717, 1.165) is 50.0 Å². The normalized spacial score (nSPS) is 20.1. The van der Waals surface area contributed by atoms with Crippen LogP contribution in [0.1, 0.15) is 65.8 Å². The van der Waals surface area contributed by atoms with Crippen molar-refractivity contribution in [2.45, 2.75) is 64.3 Å². The Morgan fingerprint density at radius 1 is 0.971 bits per heavy atom. The van der Waals surface area contributed by atoms with Gasteiger partial charge in [-0.25, -0.2) is 0 Å². The highest BCUT2D eigenvalue weighted by molar-refractivity contribution is 6.35. The van der Waals surface area contributed by atoms with E-state index in [2.05, 4.69) is 18.7 Å². The molecule has 35 heavy (non-hydrogen) atoms. The lowest BCUT2D eigenvalue weighted by Gasteiger charge is -2.38. The standard InChI is InChI=1S/C28H34ClN3O3/c1-19(2)30-13-9-23(10-14-30)35-24-11-15-31(16-12-24)27(33)20-5-3-7-22(17-20)32-18-21-6-4-8-25(29)26(21)28(32)34/h3-8,17,19,23-24H,9-16,18H2,1-2H3. The fourth-order valence-electron chi connectivity index (χ4n) is 5.51. The number of fused-ring (bicyclic) bond motifs is 1. The number of likely N-dealkylation sites (tertiary alicyclic amines) is 2. The van der Waals surface area contributed by atoms with Crippen LogP contribution in [0.3, 0.4) is 0 Å². The lowest BCUT2D eigenvalue weighted by molar-refractivity contribution is -0.0647. The number of benzene rings is 2. The van der Waals surface area contributed by atoms with Crippen molar-refractivity contribution in [2.75, 3.05) is 31.1 Å². The lowest BCUT2D eigenvalue weighted by Crippen LogP contribution is -2.45. The molecule has 0 spiro atoms. The molecular formula is C28H34ClN3O3. The van der Waals surface area contributed by atoms with Crippen molar-refractivity contribution in [3.8, 4) is 0 Å². The smallest absolute Gasteiger partial charge is 0.260 e. The van der Waals surface area contributed by atoms with Crippen LogP contribution >= 0.6 is 11.6 Å². The molecule has 0 saturated carbocycles. The molecule has 2 amide bonds. The Hall–Kier alpha value is -2.41. The third kappa shape index (κ3) is 5.11. The monoisotopic (exact) mass is 495 g/mol. The second-order valence-corrected chi connectivity index (χ2v) is 10.6.